The van der Waals surface area contributed by atoms with Crippen LogP contribution >= 0.6 is 11.8 Å². The number of benzene rings is 2. The molecule has 0 fully saturated rings. The van der Waals surface area contributed by atoms with Gasteiger partial charge in [0.05, 0.1) is 6.10 Å². The maximum Gasteiger partial charge on any atom is 0.221 e. The van der Waals surface area contributed by atoms with Crippen LogP contribution in [-0.4, -0.2) is 29.5 Å². The van der Waals surface area contributed by atoms with Gasteiger partial charge in [-0.25, -0.2) is 8.78 Å². The van der Waals surface area contributed by atoms with E-state index in [1.165, 1.54) is 24.8 Å². The first-order valence-electron chi connectivity index (χ1n) is 7.20. The Kier molecular flexibility index (Phi) is 6.57. The molecule has 2 N–H and O–H groups in total. The minimum absolute atomic E-state index is 0.0656. The molecule has 0 aromatic heterocycles. The van der Waals surface area contributed by atoms with Crippen LogP contribution in [0.3, 0.4) is 0 Å². The number of thioether (sulfide) groups is 1. The van der Waals surface area contributed by atoms with Gasteiger partial charge in [0.25, 0.3) is 0 Å². The molecule has 7 heteroatoms. The molecule has 0 saturated heterocycles. The average molecular weight is 353 g/mol. The predicted octanol–water partition coefficient (Wildman–Crippen LogP) is 3.46. The van der Waals surface area contributed by atoms with E-state index < -0.39 is 17.7 Å². The molecule has 0 spiro atoms. The third-order valence-electron chi connectivity index (χ3n) is 2.95. The van der Waals surface area contributed by atoms with E-state index >= 15 is 0 Å². The molecule has 2 aromatic carbocycles. The Morgan fingerprint density at radius 2 is 1.92 bits per heavy atom. The Morgan fingerprint density at radius 3 is 2.54 bits per heavy atom. The minimum Gasteiger partial charge on any atom is -0.491 e. The van der Waals surface area contributed by atoms with E-state index in [1.54, 1.807) is 24.3 Å². The summed E-state index contributed by atoms with van der Waals surface area (Å²) in [5, 5.41) is 12.5. The minimum atomic E-state index is -0.912. The molecule has 2 rings (SSSR count). The Hall–Kier alpha value is -2.12. The van der Waals surface area contributed by atoms with Crippen LogP contribution in [0.2, 0.25) is 0 Å². The maximum absolute atomic E-state index is 13.1. The number of anilines is 1. The van der Waals surface area contributed by atoms with Gasteiger partial charge in [0.2, 0.25) is 5.91 Å². The van der Waals surface area contributed by atoms with Crippen LogP contribution < -0.4 is 10.1 Å². The molecular weight excluding hydrogens is 336 g/mol. The second kappa shape index (κ2) is 8.65. The summed E-state index contributed by atoms with van der Waals surface area (Å²) in [5.74, 6) is -1.13. The van der Waals surface area contributed by atoms with E-state index in [1.807, 2.05) is 0 Å². The maximum atomic E-state index is 13.1. The van der Waals surface area contributed by atoms with Crippen LogP contribution in [0.4, 0.5) is 14.5 Å². The summed E-state index contributed by atoms with van der Waals surface area (Å²) in [6.07, 6.45) is -0.766. The number of hydrogen-bond acceptors (Lipinski definition) is 4. The van der Waals surface area contributed by atoms with Crippen molar-refractivity contribution in [3.63, 3.8) is 0 Å². The van der Waals surface area contributed by atoms with Crippen LogP contribution in [0, 0.1) is 11.6 Å². The lowest BCUT2D eigenvalue weighted by molar-refractivity contribution is -0.114. The summed E-state index contributed by atoms with van der Waals surface area (Å²) in [7, 11) is 0. The highest BCUT2D eigenvalue weighted by Crippen LogP contribution is 2.22. The molecule has 1 unspecified atom stereocenters. The van der Waals surface area contributed by atoms with Gasteiger partial charge in [-0.2, -0.15) is 0 Å². The van der Waals surface area contributed by atoms with Crippen LogP contribution in [0.1, 0.15) is 6.92 Å². The molecule has 128 valence electrons. The molecule has 4 nitrogen and oxygen atoms in total. The molecule has 2 aromatic rings. The van der Waals surface area contributed by atoms with Crippen molar-refractivity contribution in [3.05, 3.63) is 54.1 Å². The van der Waals surface area contributed by atoms with E-state index in [0.29, 0.717) is 16.3 Å². The molecule has 24 heavy (non-hydrogen) atoms. The topological polar surface area (TPSA) is 58.6 Å². The van der Waals surface area contributed by atoms with Crippen molar-refractivity contribution >= 4 is 23.4 Å². The van der Waals surface area contributed by atoms with Gasteiger partial charge in [0.1, 0.15) is 12.4 Å². The summed E-state index contributed by atoms with van der Waals surface area (Å²) < 4.78 is 31.4. The van der Waals surface area contributed by atoms with E-state index in [4.69, 9.17) is 4.74 Å². The quantitative estimate of drug-likeness (QED) is 0.749. The lowest BCUT2D eigenvalue weighted by Crippen LogP contribution is -2.20. The highest BCUT2D eigenvalue weighted by Gasteiger charge is 2.09. The molecule has 1 amide bonds. The van der Waals surface area contributed by atoms with E-state index in [0.717, 1.165) is 12.1 Å². The van der Waals surface area contributed by atoms with Gasteiger partial charge < -0.3 is 15.2 Å². The molecular formula is C17H17F2NO3S. The number of halogens is 2. The standard InChI is InChI=1S/C17H17F2NO3S/c1-11(21)20-12-2-4-14(5-3-12)23-9-13(22)10-24-15-6-7-16(18)17(19)8-15/h2-8,13,22H,9-10H2,1H3,(H,20,21). The van der Waals surface area contributed by atoms with Crippen molar-refractivity contribution in [2.75, 3.05) is 17.7 Å². The van der Waals surface area contributed by atoms with Crippen molar-refractivity contribution in [2.45, 2.75) is 17.9 Å². The molecule has 0 saturated carbocycles. The zero-order chi connectivity index (χ0) is 17.5. The highest BCUT2D eigenvalue weighted by atomic mass is 32.2. The fourth-order valence-electron chi connectivity index (χ4n) is 1.84. The molecule has 0 bridgehead atoms. The summed E-state index contributed by atoms with van der Waals surface area (Å²) in [4.78, 5) is 11.5. The second-order valence-corrected chi connectivity index (χ2v) is 6.15. The van der Waals surface area contributed by atoms with Crippen molar-refractivity contribution in [3.8, 4) is 5.75 Å². The average Bonchev–Trinajstić information content (AvgIpc) is 2.55. The Labute approximate surface area is 142 Å². The Balaban J connectivity index is 1.77. The van der Waals surface area contributed by atoms with Gasteiger partial charge in [0.15, 0.2) is 11.6 Å². The molecule has 0 aliphatic rings. The van der Waals surface area contributed by atoms with Crippen molar-refractivity contribution < 1.29 is 23.4 Å². The first-order chi connectivity index (χ1) is 11.4. The van der Waals surface area contributed by atoms with Gasteiger partial charge in [-0.3, -0.25) is 4.79 Å². The highest BCUT2D eigenvalue weighted by molar-refractivity contribution is 7.99. The second-order valence-electron chi connectivity index (χ2n) is 5.06. The third-order valence-corrected chi connectivity index (χ3v) is 4.09. The fourth-order valence-corrected chi connectivity index (χ4v) is 2.67. The van der Waals surface area contributed by atoms with Crippen molar-refractivity contribution in [2.24, 2.45) is 0 Å². The largest absolute Gasteiger partial charge is 0.491 e. The molecule has 0 radical (unpaired) electrons. The smallest absolute Gasteiger partial charge is 0.221 e. The van der Waals surface area contributed by atoms with Gasteiger partial charge in [0, 0.05) is 23.3 Å². The van der Waals surface area contributed by atoms with Crippen molar-refractivity contribution in [1.82, 2.24) is 0 Å². The number of aliphatic hydroxyl groups excluding tert-OH is 1. The summed E-state index contributed by atoms with van der Waals surface area (Å²) in [6, 6.07) is 10.3. The van der Waals surface area contributed by atoms with E-state index in [2.05, 4.69) is 5.32 Å². The third kappa shape index (κ3) is 5.82. The number of rotatable bonds is 7. The zero-order valence-electron chi connectivity index (χ0n) is 13.0. The number of nitrogens with one attached hydrogen (secondary N) is 1. The number of amides is 1. The normalized spacial score (nSPS) is 11.8. The van der Waals surface area contributed by atoms with Gasteiger partial charge in [-0.1, -0.05) is 0 Å². The summed E-state index contributed by atoms with van der Waals surface area (Å²) >= 11 is 1.21. The summed E-state index contributed by atoms with van der Waals surface area (Å²) in [5.41, 5.74) is 0.657. The zero-order valence-corrected chi connectivity index (χ0v) is 13.8. The SMILES string of the molecule is CC(=O)Nc1ccc(OCC(O)CSc2ccc(F)c(F)c2)cc1. The lowest BCUT2D eigenvalue weighted by atomic mass is 10.3. The fraction of sp³-hybridized carbons (Fsp3) is 0.235. The van der Waals surface area contributed by atoms with Crippen molar-refractivity contribution in [1.29, 1.82) is 0 Å². The van der Waals surface area contributed by atoms with Gasteiger partial charge >= 0.3 is 0 Å². The number of carbonyl (C=O) groups is 1. The van der Waals surface area contributed by atoms with Gasteiger partial charge in [-0.05, 0) is 42.5 Å². The molecule has 0 aliphatic heterocycles. The number of ether oxygens (including phenoxy) is 1. The molecule has 0 heterocycles. The summed E-state index contributed by atoms with van der Waals surface area (Å²) in [6.45, 7) is 1.49. The van der Waals surface area contributed by atoms with E-state index in [-0.39, 0.29) is 18.3 Å². The number of aliphatic hydroxyl groups is 1. The van der Waals surface area contributed by atoms with Crippen LogP contribution in [0.15, 0.2) is 47.4 Å². The van der Waals surface area contributed by atoms with Crippen LogP contribution in [-0.2, 0) is 4.79 Å². The number of hydrogen-bond donors (Lipinski definition) is 2. The first-order valence-corrected chi connectivity index (χ1v) is 8.19. The lowest BCUT2D eigenvalue weighted by Gasteiger charge is -2.12. The van der Waals surface area contributed by atoms with Crippen LogP contribution in [0.25, 0.3) is 0 Å². The predicted molar refractivity (Wildman–Crippen MR) is 89.3 cm³/mol. The Bertz CT molecular complexity index is 695. The van der Waals surface area contributed by atoms with Crippen LogP contribution in [0.5, 0.6) is 5.75 Å². The molecule has 1 atom stereocenters. The number of carbonyl (C=O) groups excluding carboxylic acids is 1. The molecule has 0 aliphatic carbocycles. The monoisotopic (exact) mass is 353 g/mol. The Morgan fingerprint density at radius 1 is 1.21 bits per heavy atom. The van der Waals surface area contributed by atoms with E-state index in [9.17, 15) is 18.7 Å². The van der Waals surface area contributed by atoms with Gasteiger partial charge in [-0.15, -0.1) is 11.8 Å². The first kappa shape index (κ1) is 18.2.